The van der Waals surface area contributed by atoms with Crippen molar-refractivity contribution in [3.8, 4) is 0 Å². The molecule has 0 bridgehead atoms. The lowest BCUT2D eigenvalue weighted by atomic mass is 9.77. The molecule has 1 aromatic rings. The Morgan fingerprint density at radius 1 is 1.07 bits per heavy atom. The van der Waals surface area contributed by atoms with Crippen LogP contribution in [0.1, 0.15) is 58.9 Å². The fourth-order valence-corrected chi connectivity index (χ4v) is 5.30. The van der Waals surface area contributed by atoms with Gasteiger partial charge in [0.2, 0.25) is 0 Å². The molecule has 1 fully saturated rings. The largest absolute Gasteiger partial charge is 0.362 e. The van der Waals surface area contributed by atoms with Crippen LogP contribution in [-0.2, 0) is 6.54 Å². The third kappa shape index (κ3) is 5.11. The fraction of sp³-hybridized carbons (Fsp3) is 0.481. The number of rotatable bonds is 7. The van der Waals surface area contributed by atoms with E-state index in [0.717, 1.165) is 19.4 Å². The Balaban J connectivity index is 1.66. The van der Waals surface area contributed by atoms with Crippen LogP contribution >= 0.6 is 0 Å². The Hall–Kier alpha value is -2.06. The van der Waals surface area contributed by atoms with Crippen molar-refractivity contribution < 1.29 is 0 Å². The zero-order valence-corrected chi connectivity index (χ0v) is 18.9. The normalized spacial score (nSPS) is 23.2. The Morgan fingerprint density at radius 3 is 2.38 bits per heavy atom. The number of nitrogens with zero attached hydrogens (tertiary/aromatic N) is 1. The topological polar surface area (TPSA) is 15.3 Å². The molecular weight excluding hydrogens is 352 g/mol. The molecule has 0 radical (unpaired) electrons. The average Bonchev–Trinajstić information content (AvgIpc) is 2.68. The van der Waals surface area contributed by atoms with Gasteiger partial charge in [-0.1, -0.05) is 57.3 Å². The third-order valence-corrected chi connectivity index (χ3v) is 6.62. The van der Waals surface area contributed by atoms with E-state index in [1.165, 1.54) is 65.2 Å². The summed E-state index contributed by atoms with van der Waals surface area (Å²) in [5, 5.41) is 3.61. The van der Waals surface area contributed by atoms with Gasteiger partial charge in [0.25, 0.3) is 0 Å². The lowest BCUT2D eigenvalue weighted by Crippen LogP contribution is -2.35. The number of allylic oxidation sites excluding steroid dienone is 6. The third-order valence-electron chi connectivity index (χ3n) is 6.62. The maximum atomic E-state index is 4.56. The van der Waals surface area contributed by atoms with E-state index >= 15 is 0 Å². The van der Waals surface area contributed by atoms with Crippen LogP contribution in [-0.4, -0.2) is 18.0 Å². The summed E-state index contributed by atoms with van der Waals surface area (Å²) in [5.74, 6) is 1.07. The standard InChI is InChI=1S/C27H38N2/c1-7-19(2)26-21(4)27(23(6)28-22(26)5)20(3)16-25-14-11-15-29(18-25)17-24-12-9-8-10-13-24/h8-10,12-13,21,25,28H,2-3,7,11,14-18H2,1,4-6H3. The lowest BCUT2D eigenvalue weighted by molar-refractivity contribution is 0.167. The van der Waals surface area contributed by atoms with Gasteiger partial charge in [-0.3, -0.25) is 4.90 Å². The van der Waals surface area contributed by atoms with Crippen molar-refractivity contribution in [2.75, 3.05) is 13.1 Å². The second kappa shape index (κ2) is 9.63. The van der Waals surface area contributed by atoms with Crippen molar-refractivity contribution in [1.29, 1.82) is 0 Å². The molecule has 0 aliphatic carbocycles. The van der Waals surface area contributed by atoms with E-state index in [9.17, 15) is 0 Å². The summed E-state index contributed by atoms with van der Waals surface area (Å²) in [6.45, 7) is 21.2. The first-order valence-corrected chi connectivity index (χ1v) is 11.2. The fourth-order valence-electron chi connectivity index (χ4n) is 5.30. The van der Waals surface area contributed by atoms with E-state index in [2.05, 4.69) is 81.4 Å². The van der Waals surface area contributed by atoms with Gasteiger partial charge in [0.15, 0.2) is 0 Å². The zero-order valence-electron chi connectivity index (χ0n) is 18.9. The van der Waals surface area contributed by atoms with Crippen LogP contribution in [0.2, 0.25) is 0 Å². The number of dihydropyridines is 1. The molecule has 1 saturated heterocycles. The van der Waals surface area contributed by atoms with Crippen molar-refractivity contribution >= 4 is 0 Å². The molecule has 29 heavy (non-hydrogen) atoms. The minimum atomic E-state index is 0.375. The minimum Gasteiger partial charge on any atom is -0.362 e. The van der Waals surface area contributed by atoms with Crippen molar-refractivity contribution in [3.63, 3.8) is 0 Å². The lowest BCUT2D eigenvalue weighted by Gasteiger charge is -2.36. The van der Waals surface area contributed by atoms with Gasteiger partial charge in [-0.15, -0.1) is 0 Å². The molecule has 2 aliphatic rings. The van der Waals surface area contributed by atoms with Crippen molar-refractivity contribution in [2.24, 2.45) is 11.8 Å². The zero-order chi connectivity index (χ0) is 21.0. The Morgan fingerprint density at radius 2 is 1.72 bits per heavy atom. The van der Waals surface area contributed by atoms with Crippen LogP contribution < -0.4 is 5.32 Å². The summed E-state index contributed by atoms with van der Waals surface area (Å²) in [4.78, 5) is 2.62. The molecule has 0 amide bonds. The molecule has 2 unspecified atom stereocenters. The van der Waals surface area contributed by atoms with E-state index in [4.69, 9.17) is 0 Å². The average molecular weight is 391 g/mol. The first-order chi connectivity index (χ1) is 13.9. The quantitative estimate of drug-likeness (QED) is 0.564. The van der Waals surface area contributed by atoms with E-state index in [1.807, 2.05) is 0 Å². The summed E-state index contributed by atoms with van der Waals surface area (Å²) in [6, 6.07) is 10.9. The van der Waals surface area contributed by atoms with Crippen LogP contribution in [0, 0.1) is 11.8 Å². The highest BCUT2D eigenvalue weighted by Gasteiger charge is 2.28. The number of piperidine rings is 1. The highest BCUT2D eigenvalue weighted by molar-refractivity contribution is 5.49. The number of hydrogen-bond donors (Lipinski definition) is 1. The van der Waals surface area contributed by atoms with Crippen molar-refractivity contribution in [2.45, 2.75) is 59.9 Å². The van der Waals surface area contributed by atoms with Crippen LogP contribution in [0.4, 0.5) is 0 Å². The molecule has 2 heterocycles. The van der Waals surface area contributed by atoms with Crippen molar-refractivity contribution in [1.82, 2.24) is 10.2 Å². The summed E-state index contributed by atoms with van der Waals surface area (Å²) >= 11 is 0. The smallest absolute Gasteiger partial charge is 0.0233 e. The molecule has 156 valence electrons. The number of hydrogen-bond acceptors (Lipinski definition) is 2. The molecule has 0 aromatic heterocycles. The Labute approximate surface area is 178 Å². The van der Waals surface area contributed by atoms with Gasteiger partial charge in [-0.05, 0) is 79.8 Å². The number of nitrogens with one attached hydrogen (secondary N) is 1. The van der Waals surface area contributed by atoms with E-state index in [1.54, 1.807) is 0 Å². The van der Waals surface area contributed by atoms with Gasteiger partial charge in [0, 0.05) is 30.4 Å². The monoisotopic (exact) mass is 390 g/mol. The summed E-state index contributed by atoms with van der Waals surface area (Å²) in [5.41, 5.74) is 9.27. The van der Waals surface area contributed by atoms with Gasteiger partial charge in [0.05, 0.1) is 0 Å². The Bertz CT molecular complexity index is 812. The molecule has 2 atom stereocenters. The first-order valence-electron chi connectivity index (χ1n) is 11.2. The molecule has 2 heteroatoms. The van der Waals surface area contributed by atoms with Gasteiger partial charge < -0.3 is 5.32 Å². The van der Waals surface area contributed by atoms with E-state index < -0.39 is 0 Å². The number of likely N-dealkylation sites (tertiary alicyclic amines) is 1. The van der Waals surface area contributed by atoms with Crippen LogP contribution in [0.5, 0.6) is 0 Å². The van der Waals surface area contributed by atoms with Gasteiger partial charge in [-0.2, -0.15) is 0 Å². The maximum absolute atomic E-state index is 4.56. The van der Waals surface area contributed by atoms with Gasteiger partial charge in [0.1, 0.15) is 0 Å². The Kier molecular flexibility index (Phi) is 7.18. The van der Waals surface area contributed by atoms with Crippen LogP contribution in [0.3, 0.4) is 0 Å². The molecule has 3 rings (SSSR count). The molecule has 1 aromatic carbocycles. The second-order valence-corrected chi connectivity index (χ2v) is 8.92. The molecule has 2 aliphatic heterocycles. The van der Waals surface area contributed by atoms with Crippen molar-refractivity contribution in [3.05, 3.63) is 82.7 Å². The maximum Gasteiger partial charge on any atom is 0.0233 e. The van der Waals surface area contributed by atoms with Crippen LogP contribution in [0.25, 0.3) is 0 Å². The number of benzene rings is 1. The summed E-state index contributed by atoms with van der Waals surface area (Å²) in [7, 11) is 0. The molecule has 2 nitrogen and oxygen atoms in total. The highest BCUT2D eigenvalue weighted by Crippen LogP contribution is 2.39. The van der Waals surface area contributed by atoms with E-state index in [0.29, 0.717) is 11.8 Å². The van der Waals surface area contributed by atoms with Gasteiger partial charge >= 0.3 is 0 Å². The molecule has 0 saturated carbocycles. The molecule has 0 spiro atoms. The predicted molar refractivity (Wildman–Crippen MR) is 125 cm³/mol. The second-order valence-electron chi connectivity index (χ2n) is 8.92. The molecule has 1 N–H and O–H groups in total. The minimum absolute atomic E-state index is 0.375. The molecular formula is C27H38N2. The highest BCUT2D eigenvalue weighted by atomic mass is 15.1. The summed E-state index contributed by atoms with van der Waals surface area (Å²) < 4.78 is 0. The first kappa shape index (κ1) is 21.6. The van der Waals surface area contributed by atoms with E-state index in [-0.39, 0.29) is 0 Å². The summed E-state index contributed by atoms with van der Waals surface area (Å²) in [6.07, 6.45) is 4.68. The SMILES string of the molecule is C=C(CC)C1=C(C)NC(C)=C(C(=C)CC2CCCN(Cc3ccccc3)C2)C1C. The van der Waals surface area contributed by atoms with Gasteiger partial charge in [-0.25, -0.2) is 0 Å². The predicted octanol–water partition coefficient (Wildman–Crippen LogP) is 6.60. The van der Waals surface area contributed by atoms with Crippen LogP contribution in [0.15, 0.2) is 77.2 Å².